The standard InChI is InChI=1S/C16H18BrN3O2/c17-13-5-1-4-12(10-13)11-16(8-3-9-19-20-18)14(21)6-2-7-15(16)22/h1,4-5,10H,2-3,6-9,11H2. The van der Waals surface area contributed by atoms with Gasteiger partial charge in [0.05, 0.1) is 5.41 Å². The number of carbonyl (C=O) groups is 2. The zero-order chi connectivity index (χ0) is 16.0. The minimum Gasteiger partial charge on any atom is -0.299 e. The van der Waals surface area contributed by atoms with Crippen LogP contribution in [0.2, 0.25) is 0 Å². The Morgan fingerprint density at radius 2 is 2.00 bits per heavy atom. The first-order valence-corrected chi connectivity index (χ1v) is 8.20. The summed E-state index contributed by atoms with van der Waals surface area (Å²) in [5.41, 5.74) is 8.39. The second kappa shape index (κ2) is 7.56. The number of hydrogen-bond donors (Lipinski definition) is 0. The van der Waals surface area contributed by atoms with E-state index in [-0.39, 0.29) is 11.6 Å². The van der Waals surface area contributed by atoms with Gasteiger partial charge in [-0.25, -0.2) is 0 Å². The van der Waals surface area contributed by atoms with Crippen molar-refractivity contribution in [3.63, 3.8) is 0 Å². The van der Waals surface area contributed by atoms with Crippen LogP contribution in [0.3, 0.4) is 0 Å². The fourth-order valence-electron chi connectivity index (χ4n) is 3.10. The second-order valence-electron chi connectivity index (χ2n) is 5.65. The van der Waals surface area contributed by atoms with E-state index in [1.807, 2.05) is 24.3 Å². The normalized spacial score (nSPS) is 17.1. The summed E-state index contributed by atoms with van der Waals surface area (Å²) < 4.78 is 0.935. The van der Waals surface area contributed by atoms with E-state index in [2.05, 4.69) is 26.0 Å². The van der Waals surface area contributed by atoms with Gasteiger partial charge in [-0.3, -0.25) is 9.59 Å². The molecule has 0 saturated heterocycles. The van der Waals surface area contributed by atoms with Crippen LogP contribution in [0.5, 0.6) is 0 Å². The van der Waals surface area contributed by atoms with E-state index in [1.165, 1.54) is 0 Å². The highest BCUT2D eigenvalue weighted by Crippen LogP contribution is 2.38. The molecule has 0 spiro atoms. The van der Waals surface area contributed by atoms with E-state index >= 15 is 0 Å². The van der Waals surface area contributed by atoms with Crippen molar-refractivity contribution in [1.82, 2.24) is 0 Å². The van der Waals surface area contributed by atoms with Gasteiger partial charge < -0.3 is 0 Å². The van der Waals surface area contributed by atoms with Gasteiger partial charge in [0.1, 0.15) is 11.6 Å². The largest absolute Gasteiger partial charge is 0.299 e. The number of Topliss-reactive ketones (excluding diaryl/α,β-unsaturated/α-hetero) is 2. The van der Waals surface area contributed by atoms with Crippen molar-refractivity contribution in [1.29, 1.82) is 0 Å². The number of hydrogen-bond acceptors (Lipinski definition) is 3. The van der Waals surface area contributed by atoms with Crippen LogP contribution in [0.25, 0.3) is 10.4 Å². The van der Waals surface area contributed by atoms with Crippen LogP contribution < -0.4 is 0 Å². The van der Waals surface area contributed by atoms with E-state index in [0.29, 0.717) is 45.1 Å². The summed E-state index contributed by atoms with van der Waals surface area (Å²) in [5, 5.41) is 3.51. The minimum atomic E-state index is -0.940. The first-order valence-electron chi connectivity index (χ1n) is 7.40. The first kappa shape index (κ1) is 16.7. The average Bonchev–Trinajstić information content (AvgIpc) is 2.49. The van der Waals surface area contributed by atoms with E-state index in [9.17, 15) is 9.59 Å². The van der Waals surface area contributed by atoms with Crippen molar-refractivity contribution in [2.24, 2.45) is 10.5 Å². The molecular formula is C16H18BrN3O2. The molecule has 1 aromatic rings. The lowest BCUT2D eigenvalue weighted by molar-refractivity contribution is -0.144. The Hall–Kier alpha value is -1.65. The van der Waals surface area contributed by atoms with Gasteiger partial charge in [-0.2, -0.15) is 0 Å². The Kier molecular flexibility index (Phi) is 5.75. The molecule has 0 aromatic heterocycles. The van der Waals surface area contributed by atoms with Gasteiger partial charge in [0.2, 0.25) is 0 Å². The molecule has 0 amide bonds. The highest BCUT2D eigenvalue weighted by atomic mass is 79.9. The molecule has 1 saturated carbocycles. The van der Waals surface area contributed by atoms with Crippen LogP contribution in [0.15, 0.2) is 33.9 Å². The number of carbonyl (C=O) groups excluding carboxylic acids is 2. The Morgan fingerprint density at radius 1 is 1.27 bits per heavy atom. The summed E-state index contributed by atoms with van der Waals surface area (Å²) >= 11 is 3.42. The lowest BCUT2D eigenvalue weighted by atomic mass is 9.66. The Labute approximate surface area is 137 Å². The molecule has 2 rings (SSSR count). The van der Waals surface area contributed by atoms with Crippen molar-refractivity contribution >= 4 is 27.5 Å². The summed E-state index contributed by atoms with van der Waals surface area (Å²) in [4.78, 5) is 27.8. The molecule has 5 nitrogen and oxygen atoms in total. The SMILES string of the molecule is [N-]=[N+]=NCCCC1(Cc2cccc(Br)c2)C(=O)CCCC1=O. The maximum atomic E-state index is 12.5. The molecule has 0 N–H and O–H groups in total. The van der Waals surface area contributed by atoms with Crippen LogP contribution >= 0.6 is 15.9 Å². The lowest BCUT2D eigenvalue weighted by Crippen LogP contribution is -2.44. The van der Waals surface area contributed by atoms with Gasteiger partial charge in [-0.05, 0) is 48.9 Å². The summed E-state index contributed by atoms with van der Waals surface area (Å²) in [7, 11) is 0. The molecule has 1 aliphatic rings. The van der Waals surface area contributed by atoms with Gasteiger partial charge in [0.15, 0.2) is 0 Å². The number of ketones is 2. The van der Waals surface area contributed by atoms with E-state index in [4.69, 9.17) is 5.53 Å². The maximum absolute atomic E-state index is 12.5. The van der Waals surface area contributed by atoms with Crippen molar-refractivity contribution in [2.45, 2.75) is 38.5 Å². The average molecular weight is 364 g/mol. The second-order valence-corrected chi connectivity index (χ2v) is 6.56. The van der Waals surface area contributed by atoms with Gasteiger partial charge in [-0.15, -0.1) is 0 Å². The molecule has 0 radical (unpaired) electrons. The number of azide groups is 1. The first-order chi connectivity index (χ1) is 10.6. The molecule has 0 aliphatic heterocycles. The van der Waals surface area contributed by atoms with Crippen LogP contribution in [0.4, 0.5) is 0 Å². The predicted molar refractivity (Wildman–Crippen MR) is 87.4 cm³/mol. The van der Waals surface area contributed by atoms with Crippen LogP contribution in [0, 0.1) is 5.41 Å². The van der Waals surface area contributed by atoms with E-state index in [1.54, 1.807) is 0 Å². The summed E-state index contributed by atoms with van der Waals surface area (Å²) in [6, 6.07) is 7.71. The molecular weight excluding hydrogens is 346 g/mol. The molecule has 0 heterocycles. The highest BCUT2D eigenvalue weighted by molar-refractivity contribution is 9.10. The van der Waals surface area contributed by atoms with Gasteiger partial charge in [0.25, 0.3) is 0 Å². The van der Waals surface area contributed by atoms with Crippen LogP contribution in [-0.2, 0) is 16.0 Å². The van der Waals surface area contributed by atoms with E-state index < -0.39 is 5.41 Å². The number of halogens is 1. The molecule has 1 fully saturated rings. The van der Waals surface area contributed by atoms with Gasteiger partial charge >= 0.3 is 0 Å². The molecule has 0 atom stereocenters. The van der Waals surface area contributed by atoms with E-state index in [0.717, 1.165) is 10.0 Å². The van der Waals surface area contributed by atoms with Crippen LogP contribution in [-0.4, -0.2) is 18.1 Å². The smallest absolute Gasteiger partial charge is 0.146 e. The monoisotopic (exact) mass is 363 g/mol. The van der Waals surface area contributed by atoms with Gasteiger partial charge in [-0.1, -0.05) is 33.2 Å². The third-order valence-corrected chi connectivity index (χ3v) is 4.69. The maximum Gasteiger partial charge on any atom is 0.146 e. The quantitative estimate of drug-likeness (QED) is 0.247. The molecule has 1 aromatic carbocycles. The molecule has 22 heavy (non-hydrogen) atoms. The third kappa shape index (κ3) is 3.76. The van der Waals surface area contributed by atoms with Crippen molar-refractivity contribution in [3.05, 3.63) is 44.7 Å². The summed E-state index contributed by atoms with van der Waals surface area (Å²) in [6.07, 6.45) is 3.00. The zero-order valence-electron chi connectivity index (χ0n) is 12.3. The zero-order valence-corrected chi connectivity index (χ0v) is 13.9. The molecule has 1 aliphatic carbocycles. The fraction of sp³-hybridized carbons (Fsp3) is 0.500. The summed E-state index contributed by atoms with van der Waals surface area (Å²) in [5.74, 6) is 0.0642. The lowest BCUT2D eigenvalue weighted by Gasteiger charge is -2.34. The topological polar surface area (TPSA) is 82.9 Å². The Morgan fingerprint density at radius 3 is 2.64 bits per heavy atom. The highest BCUT2D eigenvalue weighted by Gasteiger charge is 2.45. The predicted octanol–water partition coefficient (Wildman–Crippen LogP) is 4.39. The van der Waals surface area contributed by atoms with Crippen LogP contribution in [0.1, 0.15) is 37.7 Å². The number of benzene rings is 1. The van der Waals surface area contributed by atoms with Crippen molar-refractivity contribution in [3.8, 4) is 0 Å². The Balaban J connectivity index is 2.25. The molecule has 0 unspecified atom stereocenters. The summed E-state index contributed by atoms with van der Waals surface area (Å²) in [6.45, 7) is 0.317. The molecule has 0 bridgehead atoms. The van der Waals surface area contributed by atoms with Crippen molar-refractivity contribution < 1.29 is 9.59 Å². The van der Waals surface area contributed by atoms with Gasteiger partial charge in [0, 0.05) is 28.8 Å². The Bertz CT molecular complexity index is 608. The minimum absolute atomic E-state index is 0.0321. The molecule has 6 heteroatoms. The number of nitrogens with zero attached hydrogens (tertiary/aromatic N) is 3. The number of rotatable bonds is 6. The fourth-order valence-corrected chi connectivity index (χ4v) is 3.55. The van der Waals surface area contributed by atoms with Crippen molar-refractivity contribution in [2.75, 3.05) is 6.54 Å². The molecule has 116 valence electrons. The third-order valence-electron chi connectivity index (χ3n) is 4.20.